The van der Waals surface area contributed by atoms with Gasteiger partial charge in [0, 0.05) is 23.9 Å². The van der Waals surface area contributed by atoms with Crippen molar-refractivity contribution in [3.8, 4) is 17.6 Å². The summed E-state index contributed by atoms with van der Waals surface area (Å²) >= 11 is 1.36. The van der Waals surface area contributed by atoms with E-state index in [4.69, 9.17) is 9.47 Å². The van der Waals surface area contributed by atoms with Gasteiger partial charge in [0.15, 0.2) is 23.2 Å². The molecular formula is C18H18N2O3S. The van der Waals surface area contributed by atoms with E-state index in [1.165, 1.54) is 11.3 Å². The molecule has 0 radical (unpaired) electrons. The van der Waals surface area contributed by atoms with E-state index in [1.807, 2.05) is 30.5 Å². The lowest BCUT2D eigenvalue weighted by Gasteiger charge is -2.10. The zero-order valence-corrected chi connectivity index (χ0v) is 14.3. The van der Waals surface area contributed by atoms with Crippen molar-refractivity contribution in [1.29, 1.82) is 5.26 Å². The Hall–Kier alpha value is -2.39. The average molecular weight is 342 g/mol. The van der Waals surface area contributed by atoms with Gasteiger partial charge >= 0.3 is 0 Å². The van der Waals surface area contributed by atoms with Crippen LogP contribution in [0.15, 0.2) is 23.6 Å². The molecule has 0 unspecified atom stereocenters. The molecule has 0 aliphatic carbocycles. The minimum absolute atomic E-state index is 0.0982. The number of fused-ring (bicyclic) bond motifs is 1. The Kier molecular flexibility index (Phi) is 5.11. The fraction of sp³-hybridized carbons (Fsp3) is 0.389. The molecule has 1 atom stereocenters. The average Bonchev–Trinajstić information content (AvgIpc) is 2.87. The minimum Gasteiger partial charge on any atom is -0.490 e. The topological polar surface area (TPSA) is 72.2 Å². The van der Waals surface area contributed by atoms with Gasteiger partial charge in [-0.15, -0.1) is 11.3 Å². The number of hydrogen-bond donors (Lipinski definition) is 0. The number of Topliss-reactive ketones (excluding diaryl/α,β-unsaturated/α-hetero) is 1. The van der Waals surface area contributed by atoms with Gasteiger partial charge < -0.3 is 9.47 Å². The van der Waals surface area contributed by atoms with Gasteiger partial charge in [0.2, 0.25) is 0 Å². The van der Waals surface area contributed by atoms with Gasteiger partial charge in [-0.2, -0.15) is 5.26 Å². The third kappa shape index (κ3) is 3.74. The molecule has 0 amide bonds. The Balaban J connectivity index is 1.65. The van der Waals surface area contributed by atoms with Crippen LogP contribution in [0.2, 0.25) is 0 Å². The molecule has 1 aliphatic heterocycles. The quantitative estimate of drug-likeness (QED) is 0.832. The number of ketones is 1. The molecule has 1 aromatic heterocycles. The second kappa shape index (κ2) is 7.45. The number of nitrogens with zero attached hydrogens (tertiary/aromatic N) is 2. The van der Waals surface area contributed by atoms with Gasteiger partial charge in [-0.1, -0.05) is 6.07 Å². The molecule has 0 saturated carbocycles. The van der Waals surface area contributed by atoms with E-state index in [2.05, 4.69) is 11.1 Å². The first-order valence-electron chi connectivity index (χ1n) is 7.90. The van der Waals surface area contributed by atoms with Crippen LogP contribution in [0.4, 0.5) is 0 Å². The molecule has 1 aliphatic rings. The fourth-order valence-corrected chi connectivity index (χ4v) is 3.41. The van der Waals surface area contributed by atoms with Gasteiger partial charge in [-0.3, -0.25) is 4.79 Å². The molecule has 0 saturated heterocycles. The standard InChI is InChI=1S/C18H18N2O3S/c1-12-11-24-18(20-12)14(10-19)15(21)5-3-13-4-6-16-17(9-13)23-8-2-7-22-16/h4,6,9,11,14H,2-3,5,7-8H2,1H3/t14-/m1/s1. The van der Waals surface area contributed by atoms with Crippen LogP contribution in [0.25, 0.3) is 0 Å². The number of ether oxygens (including phenoxy) is 2. The lowest BCUT2D eigenvalue weighted by atomic mass is 9.99. The molecule has 6 heteroatoms. The molecule has 24 heavy (non-hydrogen) atoms. The van der Waals surface area contributed by atoms with Crippen molar-refractivity contribution in [2.75, 3.05) is 13.2 Å². The Labute approximate surface area is 144 Å². The van der Waals surface area contributed by atoms with Crippen LogP contribution < -0.4 is 9.47 Å². The normalized spacial score (nSPS) is 14.5. The number of aromatic nitrogens is 1. The third-order valence-electron chi connectivity index (χ3n) is 3.81. The molecule has 2 aromatic rings. The smallest absolute Gasteiger partial charge is 0.161 e. The van der Waals surface area contributed by atoms with E-state index >= 15 is 0 Å². The van der Waals surface area contributed by atoms with E-state index < -0.39 is 5.92 Å². The number of thiazole rings is 1. The zero-order valence-electron chi connectivity index (χ0n) is 13.4. The molecule has 0 N–H and O–H groups in total. The molecule has 0 fully saturated rings. The van der Waals surface area contributed by atoms with Crippen molar-refractivity contribution < 1.29 is 14.3 Å². The highest BCUT2D eigenvalue weighted by atomic mass is 32.1. The van der Waals surface area contributed by atoms with E-state index in [0.717, 1.165) is 29.2 Å². The van der Waals surface area contributed by atoms with Crippen LogP contribution in [-0.4, -0.2) is 24.0 Å². The number of rotatable bonds is 5. The summed E-state index contributed by atoms with van der Waals surface area (Å²) in [6.07, 6.45) is 1.73. The second-order valence-corrected chi connectivity index (χ2v) is 6.58. The highest BCUT2D eigenvalue weighted by Gasteiger charge is 2.23. The summed E-state index contributed by atoms with van der Waals surface area (Å²) in [6.45, 7) is 3.15. The minimum atomic E-state index is -0.774. The SMILES string of the molecule is Cc1csc([C@H](C#N)C(=O)CCc2ccc3c(c2)OCCCO3)n1. The summed E-state index contributed by atoms with van der Waals surface area (Å²) in [5, 5.41) is 11.7. The molecule has 3 rings (SSSR count). The first-order chi connectivity index (χ1) is 11.7. The van der Waals surface area contributed by atoms with Crippen molar-refractivity contribution in [2.45, 2.75) is 32.1 Å². The molecule has 0 bridgehead atoms. The number of aryl methyl sites for hydroxylation is 2. The summed E-state index contributed by atoms with van der Waals surface area (Å²) in [6, 6.07) is 7.82. The first-order valence-corrected chi connectivity index (χ1v) is 8.78. The molecule has 124 valence electrons. The van der Waals surface area contributed by atoms with E-state index in [1.54, 1.807) is 0 Å². The summed E-state index contributed by atoms with van der Waals surface area (Å²) in [5.41, 5.74) is 1.84. The number of carbonyl (C=O) groups is 1. The summed E-state index contributed by atoms with van der Waals surface area (Å²) in [5.74, 6) is 0.601. The van der Waals surface area contributed by atoms with E-state index in [0.29, 0.717) is 31.1 Å². The number of nitriles is 1. The summed E-state index contributed by atoms with van der Waals surface area (Å²) in [4.78, 5) is 16.7. The largest absolute Gasteiger partial charge is 0.490 e. The van der Waals surface area contributed by atoms with Crippen LogP contribution in [0.3, 0.4) is 0 Å². The first kappa shape index (κ1) is 16.5. The Bertz CT molecular complexity index is 779. The summed E-state index contributed by atoms with van der Waals surface area (Å²) < 4.78 is 11.3. The zero-order chi connectivity index (χ0) is 16.9. The Morgan fingerprint density at radius 1 is 1.38 bits per heavy atom. The molecule has 1 aromatic carbocycles. The lowest BCUT2D eigenvalue weighted by Crippen LogP contribution is -2.11. The van der Waals surface area contributed by atoms with Crippen LogP contribution in [0, 0.1) is 18.3 Å². The lowest BCUT2D eigenvalue weighted by molar-refractivity contribution is -0.119. The number of hydrogen-bond acceptors (Lipinski definition) is 6. The van der Waals surface area contributed by atoms with Crippen molar-refractivity contribution in [3.05, 3.63) is 39.8 Å². The van der Waals surface area contributed by atoms with Gasteiger partial charge in [-0.05, 0) is 31.0 Å². The van der Waals surface area contributed by atoms with E-state index in [-0.39, 0.29) is 5.78 Å². The maximum Gasteiger partial charge on any atom is 0.161 e. The maximum atomic E-state index is 12.4. The van der Waals surface area contributed by atoms with Crippen molar-refractivity contribution in [1.82, 2.24) is 4.98 Å². The van der Waals surface area contributed by atoms with Gasteiger partial charge in [0.1, 0.15) is 5.01 Å². The molecular weight excluding hydrogens is 324 g/mol. The number of benzene rings is 1. The van der Waals surface area contributed by atoms with Gasteiger partial charge in [-0.25, -0.2) is 4.98 Å². The van der Waals surface area contributed by atoms with Gasteiger partial charge in [0.25, 0.3) is 0 Å². The molecule has 5 nitrogen and oxygen atoms in total. The van der Waals surface area contributed by atoms with Crippen LogP contribution in [0.1, 0.15) is 35.0 Å². The van der Waals surface area contributed by atoms with Crippen molar-refractivity contribution in [2.24, 2.45) is 0 Å². The number of carbonyl (C=O) groups excluding carboxylic acids is 1. The van der Waals surface area contributed by atoms with Crippen molar-refractivity contribution >= 4 is 17.1 Å². The fourth-order valence-electron chi connectivity index (χ4n) is 2.54. The van der Waals surface area contributed by atoms with Gasteiger partial charge in [0.05, 0.1) is 19.3 Å². The predicted molar refractivity (Wildman–Crippen MR) is 90.6 cm³/mol. The second-order valence-electron chi connectivity index (χ2n) is 5.69. The van der Waals surface area contributed by atoms with Crippen LogP contribution >= 0.6 is 11.3 Å². The van der Waals surface area contributed by atoms with Crippen LogP contribution in [0.5, 0.6) is 11.5 Å². The predicted octanol–water partition coefficient (Wildman–Crippen LogP) is 3.42. The van der Waals surface area contributed by atoms with E-state index in [9.17, 15) is 10.1 Å². The summed E-state index contributed by atoms with van der Waals surface area (Å²) in [7, 11) is 0. The van der Waals surface area contributed by atoms with Crippen LogP contribution in [-0.2, 0) is 11.2 Å². The Morgan fingerprint density at radius 2 is 2.17 bits per heavy atom. The third-order valence-corrected chi connectivity index (χ3v) is 4.83. The highest BCUT2D eigenvalue weighted by Crippen LogP contribution is 2.31. The Morgan fingerprint density at radius 3 is 2.88 bits per heavy atom. The monoisotopic (exact) mass is 342 g/mol. The van der Waals surface area contributed by atoms with Crippen molar-refractivity contribution in [3.63, 3.8) is 0 Å². The molecule has 0 spiro atoms. The molecule has 2 heterocycles. The highest BCUT2D eigenvalue weighted by molar-refractivity contribution is 7.09. The maximum absolute atomic E-state index is 12.4.